The van der Waals surface area contributed by atoms with Crippen LogP contribution in [0.3, 0.4) is 0 Å². The summed E-state index contributed by atoms with van der Waals surface area (Å²) in [5.41, 5.74) is 0.791. The second-order valence-corrected chi connectivity index (χ2v) is 10.7. The number of aryl methyl sites for hydroxylation is 1. The zero-order chi connectivity index (χ0) is 31.4. The first-order valence-corrected chi connectivity index (χ1v) is 14.0. The van der Waals surface area contributed by atoms with Crippen LogP contribution in [0.2, 0.25) is 0 Å². The zero-order valence-electron chi connectivity index (χ0n) is 24.8. The predicted octanol–water partition coefficient (Wildman–Crippen LogP) is 7.02. The molecule has 44 heavy (non-hydrogen) atoms. The molecule has 10 heteroatoms. The summed E-state index contributed by atoms with van der Waals surface area (Å²) in [7, 11) is 3.10. The Morgan fingerprint density at radius 3 is 2.36 bits per heavy atom. The zero-order valence-corrected chi connectivity index (χ0v) is 24.8. The highest BCUT2D eigenvalue weighted by Gasteiger charge is 2.19. The van der Waals surface area contributed by atoms with E-state index in [4.69, 9.17) is 14.2 Å². The summed E-state index contributed by atoms with van der Waals surface area (Å²) in [4.78, 5) is 35.6. The number of ether oxygens (including phenoxy) is 3. The van der Waals surface area contributed by atoms with Gasteiger partial charge >= 0.3 is 0 Å². The van der Waals surface area contributed by atoms with E-state index in [0.717, 1.165) is 18.6 Å². The van der Waals surface area contributed by atoms with Gasteiger partial charge in [-0.15, -0.1) is 0 Å². The number of nitrogens with zero attached hydrogens (tertiary/aromatic N) is 3. The minimum absolute atomic E-state index is 0.0502. The largest absolute Gasteiger partial charge is 0.493 e. The number of rotatable bonds is 11. The van der Waals surface area contributed by atoms with Crippen LogP contribution in [-0.4, -0.2) is 34.5 Å². The summed E-state index contributed by atoms with van der Waals surface area (Å²) in [6.07, 6.45) is 6.86. The Labute approximate surface area is 252 Å². The van der Waals surface area contributed by atoms with Gasteiger partial charge in [0.05, 0.1) is 37.9 Å². The number of aromatic nitrogens is 3. The van der Waals surface area contributed by atoms with Gasteiger partial charge in [-0.1, -0.05) is 19.9 Å². The van der Waals surface area contributed by atoms with E-state index in [1.807, 2.05) is 0 Å². The van der Waals surface area contributed by atoms with Crippen LogP contribution in [0.25, 0.3) is 22.0 Å². The third-order valence-electron chi connectivity index (χ3n) is 7.15. The van der Waals surface area contributed by atoms with Gasteiger partial charge in [-0.2, -0.15) is 0 Å². The van der Waals surface area contributed by atoms with E-state index in [1.165, 1.54) is 18.5 Å². The van der Waals surface area contributed by atoms with Gasteiger partial charge in [-0.05, 0) is 54.3 Å². The first kappa shape index (κ1) is 30.3. The molecule has 0 saturated heterocycles. The third-order valence-corrected chi connectivity index (χ3v) is 7.15. The topological polar surface area (TPSA) is 92.5 Å². The van der Waals surface area contributed by atoms with Crippen LogP contribution in [0.15, 0.2) is 78.1 Å². The van der Waals surface area contributed by atoms with Crippen LogP contribution in [0.4, 0.5) is 8.78 Å². The number of Topliss-reactive ketones (excluding diaryl/α,β-unsaturated/α-hetero) is 1. The fraction of sp³-hybridized carbons (Fsp3) is 0.235. The minimum Gasteiger partial charge on any atom is -0.493 e. The molecule has 8 nitrogen and oxygen atoms in total. The highest BCUT2D eigenvalue weighted by Crippen LogP contribution is 2.36. The highest BCUT2D eigenvalue weighted by molar-refractivity contribution is 5.98. The molecular formula is C34H31F2N3O5. The van der Waals surface area contributed by atoms with Gasteiger partial charge in [0.25, 0.3) is 0 Å². The van der Waals surface area contributed by atoms with E-state index in [9.17, 15) is 18.4 Å². The molecule has 0 bridgehead atoms. The lowest BCUT2D eigenvalue weighted by Crippen LogP contribution is -2.22. The molecular weight excluding hydrogens is 568 g/mol. The van der Waals surface area contributed by atoms with Crippen molar-refractivity contribution in [2.24, 2.45) is 5.92 Å². The molecule has 2 aromatic carbocycles. The molecule has 0 fully saturated rings. The summed E-state index contributed by atoms with van der Waals surface area (Å²) < 4.78 is 46.2. The molecule has 5 aromatic rings. The number of ketones is 1. The lowest BCUT2D eigenvalue weighted by molar-refractivity contribution is 0.0990. The van der Waals surface area contributed by atoms with Crippen molar-refractivity contribution in [3.63, 3.8) is 0 Å². The molecule has 3 aromatic heterocycles. The Morgan fingerprint density at radius 2 is 1.68 bits per heavy atom. The highest BCUT2D eigenvalue weighted by atomic mass is 19.2. The molecule has 0 aliphatic heterocycles. The first-order valence-electron chi connectivity index (χ1n) is 14.0. The van der Waals surface area contributed by atoms with Crippen molar-refractivity contribution in [2.45, 2.75) is 33.2 Å². The normalized spacial score (nSPS) is 11.2. The number of carbonyl (C=O) groups excluding carboxylic acids is 1. The van der Waals surface area contributed by atoms with Crippen molar-refractivity contribution in [3.8, 4) is 34.1 Å². The number of hydrogen-bond donors (Lipinski definition) is 0. The van der Waals surface area contributed by atoms with Crippen LogP contribution < -0.4 is 19.6 Å². The van der Waals surface area contributed by atoms with Crippen molar-refractivity contribution in [1.82, 2.24) is 14.5 Å². The van der Waals surface area contributed by atoms with Gasteiger partial charge in [0.15, 0.2) is 34.3 Å². The second-order valence-electron chi connectivity index (χ2n) is 10.7. The first-order chi connectivity index (χ1) is 21.2. The van der Waals surface area contributed by atoms with E-state index in [2.05, 4.69) is 23.8 Å². The molecule has 0 saturated carbocycles. The fourth-order valence-electron chi connectivity index (χ4n) is 4.73. The van der Waals surface area contributed by atoms with Gasteiger partial charge in [0, 0.05) is 47.8 Å². The van der Waals surface area contributed by atoms with Gasteiger partial charge < -0.3 is 18.8 Å². The quantitative estimate of drug-likeness (QED) is 0.151. The average molecular weight is 600 g/mol. The molecule has 0 aliphatic rings. The van der Waals surface area contributed by atoms with E-state index < -0.39 is 22.8 Å². The monoisotopic (exact) mass is 599 g/mol. The number of pyridine rings is 3. The molecule has 226 valence electrons. The Bertz CT molecular complexity index is 1890. The minimum atomic E-state index is -1.07. The van der Waals surface area contributed by atoms with Gasteiger partial charge in [0.2, 0.25) is 0 Å². The third kappa shape index (κ3) is 6.59. The molecule has 0 unspecified atom stereocenters. The van der Waals surface area contributed by atoms with Crippen molar-refractivity contribution in [3.05, 3.63) is 106 Å². The number of hydrogen-bond acceptors (Lipinski definition) is 7. The van der Waals surface area contributed by atoms with Crippen LogP contribution in [0.5, 0.6) is 23.0 Å². The molecule has 0 amide bonds. The van der Waals surface area contributed by atoms with Gasteiger partial charge in [-0.25, -0.2) is 8.78 Å². The van der Waals surface area contributed by atoms with E-state index in [1.54, 1.807) is 61.5 Å². The van der Waals surface area contributed by atoms with Gasteiger partial charge in [-0.3, -0.25) is 19.6 Å². The summed E-state index contributed by atoms with van der Waals surface area (Å²) >= 11 is 0. The number of halogens is 2. The molecule has 0 radical (unpaired) electrons. The Kier molecular flexibility index (Phi) is 8.99. The van der Waals surface area contributed by atoms with Crippen LogP contribution in [0.1, 0.15) is 36.3 Å². The van der Waals surface area contributed by atoms with E-state index in [-0.39, 0.29) is 23.1 Å². The predicted molar refractivity (Wildman–Crippen MR) is 163 cm³/mol. The fourth-order valence-corrected chi connectivity index (χ4v) is 4.73. The standard InChI is InChI=1S/C34H31F2N3O5/c1-20(2)10-12-39-18-25(21-5-8-27(35)28(36)13-21)34(41)26(19-39)30(40)14-22-6-7-23(17-38-22)44-31-9-11-37-29-16-33(43-4)32(42-3)15-24(29)31/h5-9,11,13,15-20H,10,12,14H2,1-4H3. The average Bonchev–Trinajstić information content (AvgIpc) is 3.02. The number of benzene rings is 2. The van der Waals surface area contributed by atoms with Crippen molar-refractivity contribution in [2.75, 3.05) is 14.2 Å². The van der Waals surface area contributed by atoms with Crippen LogP contribution in [-0.2, 0) is 13.0 Å². The molecule has 5 rings (SSSR count). The van der Waals surface area contributed by atoms with Crippen LogP contribution >= 0.6 is 0 Å². The summed E-state index contributed by atoms with van der Waals surface area (Å²) in [5, 5.41) is 0.707. The summed E-state index contributed by atoms with van der Waals surface area (Å²) in [6.45, 7) is 4.67. The number of carbonyl (C=O) groups is 1. The maximum absolute atomic E-state index is 14.0. The summed E-state index contributed by atoms with van der Waals surface area (Å²) in [6, 6.07) is 11.8. The van der Waals surface area contributed by atoms with Gasteiger partial charge in [0.1, 0.15) is 11.5 Å². The maximum atomic E-state index is 14.0. The van der Waals surface area contributed by atoms with Crippen molar-refractivity contribution >= 4 is 16.7 Å². The molecule has 0 spiro atoms. The van der Waals surface area contributed by atoms with Crippen molar-refractivity contribution < 1.29 is 27.8 Å². The maximum Gasteiger partial charge on any atom is 0.200 e. The Hall–Kier alpha value is -5.12. The smallest absolute Gasteiger partial charge is 0.200 e. The van der Waals surface area contributed by atoms with E-state index in [0.29, 0.717) is 52.1 Å². The Morgan fingerprint density at radius 1 is 0.909 bits per heavy atom. The molecule has 3 heterocycles. The molecule has 0 aliphatic carbocycles. The van der Waals surface area contributed by atoms with E-state index >= 15 is 0 Å². The SMILES string of the molecule is COc1cc2nccc(Oc3ccc(CC(=O)c4cn(CCC(C)C)cc(-c5ccc(F)c(F)c5)c4=O)nc3)c2cc1OC. The number of fused-ring (bicyclic) bond motifs is 1. The lowest BCUT2D eigenvalue weighted by atomic mass is 10.0. The molecule has 0 N–H and O–H groups in total. The summed E-state index contributed by atoms with van der Waals surface area (Å²) in [5.74, 6) is -0.129. The van der Waals surface area contributed by atoms with Crippen molar-refractivity contribution in [1.29, 1.82) is 0 Å². The second kappa shape index (κ2) is 13.0. The molecule has 0 atom stereocenters. The Balaban J connectivity index is 1.40. The lowest BCUT2D eigenvalue weighted by Gasteiger charge is -2.14. The van der Waals surface area contributed by atoms with Crippen LogP contribution in [0, 0.1) is 17.6 Å². The number of methoxy groups -OCH3 is 2.